The number of carbonyl (C=O) groups excluding carboxylic acids is 1. The van der Waals surface area contributed by atoms with Gasteiger partial charge in [0.25, 0.3) is 0 Å². The lowest BCUT2D eigenvalue weighted by Crippen LogP contribution is -2.74. The summed E-state index contributed by atoms with van der Waals surface area (Å²) in [5.74, 6) is -57.2. The van der Waals surface area contributed by atoms with Crippen LogP contribution in [0.5, 0.6) is 0 Å². The molecule has 0 bridgehead atoms. The Hall–Kier alpha value is -1.52. The predicted molar refractivity (Wildman–Crippen MR) is 46.7 cm³/mol. The molecule has 0 atom stereocenters. The highest BCUT2D eigenvalue weighted by molar-refractivity contribution is 5.78. The van der Waals surface area contributed by atoms with Gasteiger partial charge in [-0.3, -0.25) is 4.79 Å². The van der Waals surface area contributed by atoms with Crippen LogP contribution in [-0.4, -0.2) is 53.9 Å². The second-order valence-electron chi connectivity index (χ2n) is 4.64. The Labute approximate surface area is 135 Å². The lowest BCUT2D eigenvalue weighted by atomic mass is 9.89. The molecule has 0 N–H and O–H groups in total. The van der Waals surface area contributed by atoms with Crippen LogP contribution in [0.25, 0.3) is 0 Å². The van der Waals surface area contributed by atoms with E-state index >= 15 is 0 Å². The molecule has 0 aromatic rings. The Morgan fingerprint density at radius 1 is 0.519 bits per heavy atom. The van der Waals surface area contributed by atoms with Gasteiger partial charge in [0.1, 0.15) is 0 Å². The zero-order valence-corrected chi connectivity index (χ0v) is 11.4. The van der Waals surface area contributed by atoms with Crippen molar-refractivity contribution in [3.05, 3.63) is 0 Å². The number of alkyl halides is 16. The lowest BCUT2D eigenvalue weighted by molar-refractivity contribution is -0.444. The van der Waals surface area contributed by atoms with E-state index in [1.165, 1.54) is 0 Å². The minimum atomic E-state index is -8.63. The number of carbonyl (C=O) groups is 1. The molecule has 0 aliphatic carbocycles. The minimum absolute atomic E-state index is 4.82. The van der Waals surface area contributed by atoms with Gasteiger partial charge in [-0.2, -0.15) is 65.9 Å². The topological polar surface area (TPSA) is 17.1 Å². The van der Waals surface area contributed by atoms with E-state index in [9.17, 15) is 79.4 Å². The first-order valence-electron chi connectivity index (χ1n) is 5.51. The predicted octanol–water partition coefficient (Wildman–Crippen LogP) is 5.19. The third kappa shape index (κ3) is 2.98. The Morgan fingerprint density at radius 3 is 1.04 bits per heavy atom. The van der Waals surface area contributed by atoms with Gasteiger partial charge in [-0.1, -0.05) is 0 Å². The summed E-state index contributed by atoms with van der Waals surface area (Å²) in [5, 5.41) is 0. The van der Waals surface area contributed by atoms with E-state index in [4.69, 9.17) is 0 Å². The fourth-order valence-electron chi connectivity index (χ4n) is 1.26. The fraction of sp³-hybridized carbons (Fsp3) is 0.889. The SMILES string of the molecule is O=C(F)C(F)(F)C(F)(F)C(F)(F)C(F)(F)C(F)(F)C(F)(F)C(F)(F)C(F)F. The molecule has 0 saturated carbocycles. The highest BCUT2D eigenvalue weighted by Gasteiger charge is 2.94. The molecule has 162 valence electrons. The van der Waals surface area contributed by atoms with Crippen molar-refractivity contribution in [2.24, 2.45) is 0 Å². The molecule has 0 radical (unpaired) electrons. The van der Waals surface area contributed by atoms with Crippen LogP contribution in [0.2, 0.25) is 0 Å². The maximum absolute atomic E-state index is 13.0. The normalized spacial score (nSPS) is 16.1. The summed E-state index contributed by atoms with van der Waals surface area (Å²) in [4.78, 5) is 9.55. The van der Waals surface area contributed by atoms with Crippen LogP contribution in [0.3, 0.4) is 0 Å². The molecule has 0 unspecified atom stereocenters. The number of hydrogen-bond acceptors (Lipinski definition) is 1. The van der Waals surface area contributed by atoms with E-state index in [-0.39, 0.29) is 0 Å². The number of rotatable bonds is 8. The van der Waals surface area contributed by atoms with Gasteiger partial charge in [-0.05, 0) is 0 Å². The monoisotopic (exact) mass is 448 g/mol. The van der Waals surface area contributed by atoms with E-state index in [1.54, 1.807) is 0 Å². The summed E-state index contributed by atoms with van der Waals surface area (Å²) in [5.41, 5.74) is 0. The van der Waals surface area contributed by atoms with E-state index < -0.39 is 53.9 Å². The summed E-state index contributed by atoms with van der Waals surface area (Å²) >= 11 is 0. The van der Waals surface area contributed by atoms with Crippen molar-refractivity contribution in [3.8, 4) is 0 Å². The van der Waals surface area contributed by atoms with Crippen LogP contribution in [0.15, 0.2) is 0 Å². The Bertz CT molecular complexity index is 575. The van der Waals surface area contributed by atoms with Crippen LogP contribution in [0.1, 0.15) is 0 Å². The van der Waals surface area contributed by atoms with Gasteiger partial charge in [0.15, 0.2) is 0 Å². The Morgan fingerprint density at radius 2 is 0.778 bits per heavy atom. The molecule has 0 aliphatic heterocycles. The van der Waals surface area contributed by atoms with Crippen LogP contribution in [0.4, 0.5) is 74.6 Å². The van der Waals surface area contributed by atoms with Crippen molar-refractivity contribution >= 4 is 6.04 Å². The zero-order valence-electron chi connectivity index (χ0n) is 11.4. The van der Waals surface area contributed by atoms with Crippen molar-refractivity contribution < 1.29 is 79.4 Å². The minimum Gasteiger partial charge on any atom is -0.254 e. The van der Waals surface area contributed by atoms with E-state index in [1.807, 2.05) is 0 Å². The van der Waals surface area contributed by atoms with Crippen LogP contribution >= 0.6 is 0 Å². The van der Waals surface area contributed by atoms with Gasteiger partial charge in [0.05, 0.1) is 0 Å². The first kappa shape index (κ1) is 25.5. The quantitative estimate of drug-likeness (QED) is 0.369. The standard InChI is InChI=1S/C9HF17O/c10-1(11)3(13,14)5(17,18)7(21,22)9(25,26)8(23,24)6(19,20)4(15,16)2(12)27/h1H. The first-order chi connectivity index (χ1) is 11.4. The Balaban J connectivity index is 6.66. The van der Waals surface area contributed by atoms with Crippen LogP contribution < -0.4 is 0 Å². The van der Waals surface area contributed by atoms with Crippen LogP contribution in [-0.2, 0) is 4.79 Å². The van der Waals surface area contributed by atoms with Crippen molar-refractivity contribution in [1.82, 2.24) is 0 Å². The second kappa shape index (κ2) is 6.25. The highest BCUT2D eigenvalue weighted by Crippen LogP contribution is 2.62. The molecule has 0 amide bonds. The van der Waals surface area contributed by atoms with Crippen molar-refractivity contribution in [2.45, 2.75) is 47.9 Å². The smallest absolute Gasteiger partial charge is 0.254 e. The molecular formula is C9HF17O. The summed E-state index contributed by atoms with van der Waals surface area (Å²) in [6.45, 7) is 0. The van der Waals surface area contributed by atoms with Gasteiger partial charge in [-0.25, -0.2) is 8.78 Å². The van der Waals surface area contributed by atoms with E-state index in [0.29, 0.717) is 0 Å². The largest absolute Gasteiger partial charge is 0.404 e. The highest BCUT2D eigenvalue weighted by atomic mass is 19.4. The fourth-order valence-corrected chi connectivity index (χ4v) is 1.26. The maximum atomic E-state index is 13.0. The van der Waals surface area contributed by atoms with E-state index in [0.717, 1.165) is 0 Å². The van der Waals surface area contributed by atoms with Crippen molar-refractivity contribution in [2.75, 3.05) is 0 Å². The molecular weight excluding hydrogens is 447 g/mol. The average Bonchev–Trinajstić information content (AvgIpc) is 2.45. The summed E-state index contributed by atoms with van der Waals surface area (Å²) in [7, 11) is 0. The summed E-state index contributed by atoms with van der Waals surface area (Å²) in [6.07, 6.45) is -5.95. The lowest BCUT2D eigenvalue weighted by Gasteiger charge is -2.41. The molecule has 1 nitrogen and oxygen atoms in total. The van der Waals surface area contributed by atoms with Crippen LogP contribution in [0, 0.1) is 0 Å². The molecule has 27 heavy (non-hydrogen) atoms. The summed E-state index contributed by atoms with van der Waals surface area (Å²) in [6, 6.07) is -4.82. The van der Waals surface area contributed by atoms with E-state index in [2.05, 4.69) is 0 Å². The average molecular weight is 448 g/mol. The maximum Gasteiger partial charge on any atom is 0.404 e. The molecule has 0 saturated heterocycles. The number of hydrogen-bond donors (Lipinski definition) is 0. The zero-order chi connectivity index (χ0) is 22.7. The Kier molecular flexibility index (Phi) is 5.90. The van der Waals surface area contributed by atoms with Gasteiger partial charge in [-0.15, -0.1) is 0 Å². The third-order valence-electron chi connectivity index (χ3n) is 2.91. The third-order valence-corrected chi connectivity index (χ3v) is 2.91. The molecule has 0 spiro atoms. The van der Waals surface area contributed by atoms with Gasteiger partial charge in [0.2, 0.25) is 0 Å². The molecule has 18 heteroatoms. The molecule has 0 heterocycles. The molecule has 0 aliphatic rings. The molecule has 0 aromatic carbocycles. The van der Waals surface area contributed by atoms with Gasteiger partial charge in [0, 0.05) is 0 Å². The first-order valence-corrected chi connectivity index (χ1v) is 5.51. The van der Waals surface area contributed by atoms with Crippen molar-refractivity contribution in [1.29, 1.82) is 0 Å². The summed E-state index contributed by atoms with van der Waals surface area (Å²) < 4.78 is 213. The molecule has 0 rings (SSSR count). The van der Waals surface area contributed by atoms with Crippen molar-refractivity contribution in [3.63, 3.8) is 0 Å². The second-order valence-corrected chi connectivity index (χ2v) is 4.64. The molecule has 0 fully saturated rings. The molecule has 0 aromatic heterocycles. The van der Waals surface area contributed by atoms with Gasteiger partial charge >= 0.3 is 53.9 Å². The number of halogens is 17. The van der Waals surface area contributed by atoms with Gasteiger partial charge < -0.3 is 0 Å².